The van der Waals surface area contributed by atoms with Gasteiger partial charge in [-0.05, 0) is 43.2 Å². The van der Waals surface area contributed by atoms with Gasteiger partial charge < -0.3 is 10.3 Å². The van der Waals surface area contributed by atoms with E-state index in [-0.39, 0.29) is 11.5 Å². The van der Waals surface area contributed by atoms with Gasteiger partial charge in [-0.15, -0.1) is 0 Å². The third-order valence-electron chi connectivity index (χ3n) is 4.19. The van der Waals surface area contributed by atoms with Crippen molar-refractivity contribution in [2.24, 2.45) is 11.1 Å². The van der Waals surface area contributed by atoms with Crippen LogP contribution in [0, 0.1) is 12.3 Å². The van der Waals surface area contributed by atoms with Gasteiger partial charge >= 0.3 is 0 Å². The number of aryl methyl sites for hydroxylation is 1. The predicted molar refractivity (Wildman–Crippen MR) is 85.7 cm³/mol. The normalized spacial score (nSPS) is 21.3. The Bertz CT molecular complexity index is 617. The number of rotatable bonds is 5. The minimum absolute atomic E-state index is 0.109. The van der Waals surface area contributed by atoms with E-state index in [9.17, 15) is 8.42 Å². The molecule has 0 spiro atoms. The zero-order valence-corrected chi connectivity index (χ0v) is 14.3. The van der Waals surface area contributed by atoms with Crippen LogP contribution in [0.1, 0.15) is 49.7 Å². The fourth-order valence-corrected chi connectivity index (χ4v) is 3.83. The largest absolute Gasteiger partial charge is 0.348 e. The number of hydrogen-bond donors (Lipinski definition) is 2. The number of fused-ring (bicyclic) bond motifs is 1. The van der Waals surface area contributed by atoms with E-state index in [1.54, 1.807) is 0 Å². The van der Waals surface area contributed by atoms with Crippen molar-refractivity contribution in [1.29, 1.82) is 0 Å². The number of hydrogen-bond acceptors (Lipinski definition) is 3. The molecule has 0 radical (unpaired) electrons. The van der Waals surface area contributed by atoms with Crippen molar-refractivity contribution < 1.29 is 8.42 Å². The molecule has 1 aliphatic rings. The molecule has 1 aliphatic carbocycles. The first-order valence-electron chi connectivity index (χ1n) is 7.48. The van der Waals surface area contributed by atoms with Gasteiger partial charge in [-0.1, -0.05) is 13.8 Å². The Kier molecular flexibility index (Phi) is 4.52. The highest BCUT2D eigenvalue weighted by Crippen LogP contribution is 2.40. The highest BCUT2D eigenvalue weighted by Gasteiger charge is 2.33. The van der Waals surface area contributed by atoms with Crippen molar-refractivity contribution in [3.05, 3.63) is 23.0 Å². The molecule has 1 aromatic heterocycles. The zero-order chi connectivity index (χ0) is 15.8. The van der Waals surface area contributed by atoms with Crippen molar-refractivity contribution >= 4 is 10.0 Å². The average Bonchev–Trinajstić information content (AvgIpc) is 2.59. The Labute approximate surface area is 128 Å². The highest BCUT2D eigenvalue weighted by molar-refractivity contribution is 7.88. The molecule has 0 amide bonds. The summed E-state index contributed by atoms with van der Waals surface area (Å²) in [6.07, 6.45) is 4.02. The van der Waals surface area contributed by atoms with Crippen molar-refractivity contribution in [3.8, 4) is 0 Å². The third-order valence-corrected chi connectivity index (χ3v) is 4.92. The smallest absolute Gasteiger partial charge is 0.208 e. The summed E-state index contributed by atoms with van der Waals surface area (Å²) in [4.78, 5) is 0. The van der Waals surface area contributed by atoms with Crippen LogP contribution in [-0.2, 0) is 23.0 Å². The summed E-state index contributed by atoms with van der Waals surface area (Å²) in [7, 11) is -3.10. The van der Waals surface area contributed by atoms with E-state index >= 15 is 0 Å². The van der Waals surface area contributed by atoms with E-state index in [2.05, 4.69) is 36.1 Å². The Balaban J connectivity index is 2.11. The maximum atomic E-state index is 11.1. The predicted octanol–water partition coefficient (Wildman–Crippen LogP) is 1.71. The minimum Gasteiger partial charge on any atom is -0.348 e. The van der Waals surface area contributed by atoms with E-state index in [0.29, 0.717) is 6.54 Å². The van der Waals surface area contributed by atoms with E-state index in [0.717, 1.165) is 25.8 Å². The lowest BCUT2D eigenvalue weighted by molar-refractivity contribution is 0.274. The fourth-order valence-electron chi connectivity index (χ4n) is 3.31. The Morgan fingerprint density at radius 1 is 1.48 bits per heavy atom. The minimum atomic E-state index is -3.10. The quantitative estimate of drug-likeness (QED) is 0.812. The van der Waals surface area contributed by atoms with Crippen LogP contribution in [0.3, 0.4) is 0 Å². The van der Waals surface area contributed by atoms with Crippen LogP contribution < -0.4 is 10.5 Å². The van der Waals surface area contributed by atoms with Gasteiger partial charge in [0, 0.05) is 30.5 Å². The summed E-state index contributed by atoms with van der Waals surface area (Å²) in [5, 5.41) is 0. The molecule has 3 N–H and O–H groups in total. The molecule has 0 aromatic carbocycles. The van der Waals surface area contributed by atoms with Gasteiger partial charge in [-0.3, -0.25) is 0 Å². The summed E-state index contributed by atoms with van der Waals surface area (Å²) in [5.74, 6) is 0. The second kappa shape index (κ2) is 5.74. The molecule has 0 bridgehead atoms. The van der Waals surface area contributed by atoms with Crippen LogP contribution >= 0.6 is 0 Å². The maximum Gasteiger partial charge on any atom is 0.208 e. The number of sulfonamides is 1. The lowest BCUT2D eigenvalue weighted by Gasteiger charge is -2.34. The number of nitrogens with one attached hydrogen (secondary N) is 1. The standard InChI is InChI=1S/C15H27N3O2S/c1-11-8-12-13(16)9-15(2,3)10-14(12)18(11)7-5-6-17-21(4,19)20/h8,13,17H,5-7,9-10,16H2,1-4H3. The summed E-state index contributed by atoms with van der Waals surface area (Å²) in [6, 6.07) is 2.30. The van der Waals surface area contributed by atoms with Gasteiger partial charge in [0.1, 0.15) is 0 Å². The molecule has 0 fully saturated rings. The first-order chi connectivity index (χ1) is 9.59. The summed E-state index contributed by atoms with van der Waals surface area (Å²) in [5.41, 5.74) is 10.3. The Morgan fingerprint density at radius 2 is 2.14 bits per heavy atom. The SMILES string of the molecule is Cc1cc2c(n1CCCNS(C)(=O)=O)CC(C)(C)CC2N. The molecule has 1 atom stereocenters. The van der Waals surface area contributed by atoms with Crippen LogP contribution in [0.5, 0.6) is 0 Å². The Morgan fingerprint density at radius 3 is 2.76 bits per heavy atom. The topological polar surface area (TPSA) is 77.1 Å². The van der Waals surface area contributed by atoms with Gasteiger partial charge in [0.2, 0.25) is 10.0 Å². The van der Waals surface area contributed by atoms with Crippen molar-refractivity contribution in [1.82, 2.24) is 9.29 Å². The molecule has 5 nitrogen and oxygen atoms in total. The molecule has 2 rings (SSSR count). The number of aromatic nitrogens is 1. The van der Waals surface area contributed by atoms with E-state index in [1.165, 1.54) is 23.2 Å². The lowest BCUT2D eigenvalue weighted by Crippen LogP contribution is -2.31. The first kappa shape index (κ1) is 16.5. The van der Waals surface area contributed by atoms with Crippen LogP contribution in [-0.4, -0.2) is 25.8 Å². The van der Waals surface area contributed by atoms with Crippen LogP contribution in [0.25, 0.3) is 0 Å². The molecule has 21 heavy (non-hydrogen) atoms. The van der Waals surface area contributed by atoms with Crippen molar-refractivity contribution in [3.63, 3.8) is 0 Å². The third kappa shape index (κ3) is 4.08. The van der Waals surface area contributed by atoms with Crippen LogP contribution in [0.15, 0.2) is 6.07 Å². The average molecular weight is 313 g/mol. The second-order valence-corrected chi connectivity index (χ2v) is 8.84. The second-order valence-electron chi connectivity index (χ2n) is 7.01. The Hall–Kier alpha value is -0.850. The molecule has 6 heteroatoms. The van der Waals surface area contributed by atoms with Gasteiger partial charge in [-0.2, -0.15) is 0 Å². The molecule has 0 saturated carbocycles. The van der Waals surface area contributed by atoms with Crippen molar-refractivity contribution in [2.75, 3.05) is 12.8 Å². The molecular weight excluding hydrogens is 286 g/mol. The molecule has 0 saturated heterocycles. The summed E-state index contributed by atoms with van der Waals surface area (Å²) >= 11 is 0. The van der Waals surface area contributed by atoms with Gasteiger partial charge in [0.05, 0.1) is 6.26 Å². The van der Waals surface area contributed by atoms with Crippen LogP contribution in [0.4, 0.5) is 0 Å². The van der Waals surface area contributed by atoms with Gasteiger partial charge in [-0.25, -0.2) is 13.1 Å². The molecule has 120 valence electrons. The fraction of sp³-hybridized carbons (Fsp3) is 0.733. The summed E-state index contributed by atoms with van der Waals surface area (Å²) in [6.45, 7) is 7.91. The van der Waals surface area contributed by atoms with Crippen molar-refractivity contribution in [2.45, 2.75) is 52.6 Å². The summed E-state index contributed by atoms with van der Waals surface area (Å²) < 4.78 is 27.0. The maximum absolute atomic E-state index is 11.1. The van der Waals surface area contributed by atoms with E-state index < -0.39 is 10.0 Å². The molecular formula is C15H27N3O2S. The number of nitrogens with zero attached hydrogens (tertiary/aromatic N) is 1. The van der Waals surface area contributed by atoms with Gasteiger partial charge in [0.25, 0.3) is 0 Å². The van der Waals surface area contributed by atoms with E-state index in [1.807, 2.05) is 0 Å². The molecule has 1 unspecified atom stereocenters. The van der Waals surface area contributed by atoms with E-state index in [4.69, 9.17) is 5.73 Å². The monoisotopic (exact) mass is 313 g/mol. The lowest BCUT2D eigenvalue weighted by atomic mass is 9.74. The molecule has 1 aromatic rings. The molecule has 1 heterocycles. The zero-order valence-electron chi connectivity index (χ0n) is 13.4. The van der Waals surface area contributed by atoms with Gasteiger partial charge in [0.15, 0.2) is 0 Å². The molecule has 0 aliphatic heterocycles. The highest BCUT2D eigenvalue weighted by atomic mass is 32.2. The van der Waals surface area contributed by atoms with Crippen LogP contribution in [0.2, 0.25) is 0 Å². The number of nitrogens with two attached hydrogens (primary N) is 1. The first-order valence-corrected chi connectivity index (χ1v) is 9.37.